The zero-order valence-corrected chi connectivity index (χ0v) is 22.2. The van der Waals surface area contributed by atoms with Crippen LogP contribution in [0.25, 0.3) is 11.0 Å². The minimum absolute atomic E-state index is 0.733. The third-order valence-corrected chi connectivity index (χ3v) is 5.68. The Morgan fingerprint density at radius 2 is 2.00 bits per heavy atom. The molecule has 0 aliphatic heterocycles. The molecule has 0 spiro atoms. The van der Waals surface area contributed by atoms with Crippen LogP contribution < -0.4 is 0 Å². The molecule has 2 rings (SSSR count). The molecule has 0 saturated carbocycles. The maximum absolute atomic E-state index is 5.89. The largest absolute Gasteiger partial charge is 0.494 e. The molecule has 1 heterocycles. The van der Waals surface area contributed by atoms with Crippen LogP contribution in [0.15, 0.2) is 75.9 Å². The lowest BCUT2D eigenvalue weighted by atomic mass is 10.2. The normalized spacial score (nSPS) is 12.7. The molecule has 1 aromatic carbocycles. The van der Waals surface area contributed by atoms with Gasteiger partial charge in [0.25, 0.3) is 0 Å². The van der Waals surface area contributed by atoms with Crippen molar-refractivity contribution in [3.8, 4) is 0 Å². The molecular formula is C28H42N2O2S. The van der Waals surface area contributed by atoms with Crippen molar-refractivity contribution in [2.45, 2.75) is 45.8 Å². The number of para-hydroxylation sites is 1. The van der Waals surface area contributed by atoms with Gasteiger partial charge in [-0.1, -0.05) is 50.3 Å². The van der Waals surface area contributed by atoms with Crippen LogP contribution in [0.5, 0.6) is 0 Å². The monoisotopic (exact) mass is 470 g/mol. The molecule has 4 nitrogen and oxygen atoms in total. The molecule has 0 amide bonds. The first kappa shape index (κ1) is 28.8. The van der Waals surface area contributed by atoms with E-state index in [1.54, 1.807) is 0 Å². The number of aliphatic imine (C=N–C) groups is 1. The van der Waals surface area contributed by atoms with E-state index in [2.05, 4.69) is 48.3 Å². The third kappa shape index (κ3) is 12.5. The number of rotatable bonds is 14. The minimum atomic E-state index is 0.733. The zero-order chi connectivity index (χ0) is 24.3. The van der Waals surface area contributed by atoms with Crippen molar-refractivity contribution < 1.29 is 9.15 Å². The Bertz CT molecular complexity index is 861. The van der Waals surface area contributed by atoms with Gasteiger partial charge < -0.3 is 14.1 Å². The SMILES string of the molecule is CC.C\C=C/C(=C\C=C\CCC(CSCc1cc2ccccc2o1)=NC)OCCCN(C)C. The molecule has 2 aromatic rings. The number of ether oxygens (including phenoxy) is 1. The summed E-state index contributed by atoms with van der Waals surface area (Å²) < 4.78 is 11.7. The number of hydrogen-bond acceptors (Lipinski definition) is 5. The fourth-order valence-electron chi connectivity index (χ4n) is 3.02. The first-order valence-corrected chi connectivity index (χ1v) is 13.0. The third-order valence-electron chi connectivity index (χ3n) is 4.65. The number of furan rings is 1. The van der Waals surface area contributed by atoms with E-state index in [1.807, 2.05) is 76.0 Å². The number of benzene rings is 1. The van der Waals surface area contributed by atoms with Gasteiger partial charge in [0.15, 0.2) is 0 Å². The van der Waals surface area contributed by atoms with Crippen LogP contribution in [0.3, 0.4) is 0 Å². The summed E-state index contributed by atoms with van der Waals surface area (Å²) in [6.45, 7) is 7.78. The maximum atomic E-state index is 5.89. The van der Waals surface area contributed by atoms with Crippen molar-refractivity contribution >= 4 is 28.4 Å². The highest BCUT2D eigenvalue weighted by atomic mass is 32.2. The van der Waals surface area contributed by atoms with E-state index < -0.39 is 0 Å². The van der Waals surface area contributed by atoms with Crippen LogP contribution in [-0.4, -0.2) is 50.7 Å². The van der Waals surface area contributed by atoms with Gasteiger partial charge in [-0.2, -0.15) is 0 Å². The Labute approximate surface area is 205 Å². The number of nitrogens with zero attached hydrogens (tertiary/aromatic N) is 2. The second kappa shape index (κ2) is 18.2. The van der Waals surface area contributed by atoms with Gasteiger partial charge in [0.2, 0.25) is 0 Å². The molecular weight excluding hydrogens is 428 g/mol. The zero-order valence-electron chi connectivity index (χ0n) is 21.3. The lowest BCUT2D eigenvalue weighted by Gasteiger charge is -2.10. The Morgan fingerprint density at radius 3 is 2.70 bits per heavy atom. The van der Waals surface area contributed by atoms with Gasteiger partial charge in [0.1, 0.15) is 17.1 Å². The van der Waals surface area contributed by atoms with Crippen molar-refractivity contribution in [1.29, 1.82) is 0 Å². The van der Waals surface area contributed by atoms with E-state index in [4.69, 9.17) is 9.15 Å². The standard InChI is InChI=1S/C26H36N2O2S.C2H6/c1-5-12-24(29-18-11-17-28(3)4)15-8-6-7-14-23(27-2)20-31-21-25-19-22-13-9-10-16-26(22)30-25;1-2/h5-6,8-10,12-13,15-16,19H,7,11,14,17-18,20-21H2,1-4H3;1-2H3/b8-6+,12-5-,24-15+,27-23?;. The maximum Gasteiger partial charge on any atom is 0.134 e. The number of thioether (sulfide) groups is 1. The molecule has 0 radical (unpaired) electrons. The molecule has 0 fully saturated rings. The van der Waals surface area contributed by atoms with Crippen molar-refractivity contribution in [3.63, 3.8) is 0 Å². The van der Waals surface area contributed by atoms with Crippen LogP contribution >= 0.6 is 11.8 Å². The highest BCUT2D eigenvalue weighted by Crippen LogP contribution is 2.22. The average Bonchev–Trinajstić information content (AvgIpc) is 3.24. The van der Waals surface area contributed by atoms with E-state index >= 15 is 0 Å². The smallest absolute Gasteiger partial charge is 0.134 e. The van der Waals surface area contributed by atoms with Gasteiger partial charge >= 0.3 is 0 Å². The van der Waals surface area contributed by atoms with Gasteiger partial charge in [-0.15, -0.1) is 11.8 Å². The number of hydrogen-bond donors (Lipinski definition) is 0. The fourth-order valence-corrected chi connectivity index (χ4v) is 3.98. The second-order valence-corrected chi connectivity index (χ2v) is 8.56. The van der Waals surface area contributed by atoms with Crippen LogP contribution in [0.2, 0.25) is 0 Å². The number of fused-ring (bicyclic) bond motifs is 1. The summed E-state index contributed by atoms with van der Waals surface area (Å²) in [4.78, 5) is 6.64. The van der Waals surface area contributed by atoms with Gasteiger partial charge in [0, 0.05) is 30.4 Å². The van der Waals surface area contributed by atoms with Crippen molar-refractivity contribution in [1.82, 2.24) is 4.90 Å². The first-order chi connectivity index (χ1) is 16.1. The summed E-state index contributed by atoms with van der Waals surface area (Å²) in [5.41, 5.74) is 2.18. The molecule has 0 bridgehead atoms. The lowest BCUT2D eigenvalue weighted by Crippen LogP contribution is -2.14. The Balaban J connectivity index is 0.00000265. The van der Waals surface area contributed by atoms with E-state index in [-0.39, 0.29) is 0 Å². The van der Waals surface area contributed by atoms with Crippen LogP contribution in [0.4, 0.5) is 0 Å². The summed E-state index contributed by atoms with van der Waals surface area (Å²) in [7, 11) is 6.04. The Morgan fingerprint density at radius 1 is 1.21 bits per heavy atom. The molecule has 182 valence electrons. The van der Waals surface area contributed by atoms with E-state index in [0.29, 0.717) is 0 Å². The summed E-state index contributed by atoms with van der Waals surface area (Å²) in [6, 6.07) is 10.3. The van der Waals surface area contributed by atoms with E-state index in [9.17, 15) is 0 Å². The van der Waals surface area contributed by atoms with E-state index in [0.717, 1.165) is 61.0 Å². The average molecular weight is 471 g/mol. The quantitative estimate of drug-likeness (QED) is 0.124. The summed E-state index contributed by atoms with van der Waals surface area (Å²) >= 11 is 1.85. The molecule has 0 N–H and O–H groups in total. The fraction of sp³-hybridized carbons (Fsp3) is 0.464. The molecule has 0 atom stereocenters. The van der Waals surface area contributed by atoms with Gasteiger partial charge in [-0.05, 0) is 64.6 Å². The van der Waals surface area contributed by atoms with Crippen LogP contribution in [-0.2, 0) is 10.5 Å². The Hall–Kier alpha value is -2.24. The van der Waals surface area contributed by atoms with Gasteiger partial charge in [0.05, 0.1) is 12.4 Å². The minimum Gasteiger partial charge on any atom is -0.494 e. The van der Waals surface area contributed by atoms with Crippen molar-refractivity contribution in [2.75, 3.05) is 40.0 Å². The highest BCUT2D eigenvalue weighted by molar-refractivity contribution is 7.99. The Kier molecular flexibility index (Phi) is 15.9. The molecule has 5 heteroatoms. The summed E-state index contributed by atoms with van der Waals surface area (Å²) in [5.74, 6) is 3.72. The molecule has 0 aliphatic carbocycles. The number of allylic oxidation sites excluding steroid dienone is 5. The van der Waals surface area contributed by atoms with Crippen LogP contribution in [0.1, 0.15) is 45.8 Å². The molecule has 1 aromatic heterocycles. The van der Waals surface area contributed by atoms with Crippen molar-refractivity contribution in [3.05, 3.63) is 72.2 Å². The summed E-state index contributed by atoms with van der Waals surface area (Å²) in [6.07, 6.45) is 13.3. The molecule has 0 aliphatic rings. The molecule has 0 unspecified atom stereocenters. The predicted molar refractivity (Wildman–Crippen MR) is 147 cm³/mol. The van der Waals surface area contributed by atoms with E-state index in [1.165, 1.54) is 11.1 Å². The molecule has 0 saturated heterocycles. The molecule has 33 heavy (non-hydrogen) atoms. The second-order valence-electron chi connectivity index (χ2n) is 7.57. The topological polar surface area (TPSA) is 38.0 Å². The predicted octanol–water partition coefficient (Wildman–Crippen LogP) is 7.53. The van der Waals surface area contributed by atoms with Crippen molar-refractivity contribution in [2.24, 2.45) is 4.99 Å². The van der Waals surface area contributed by atoms with Gasteiger partial charge in [-0.25, -0.2) is 0 Å². The summed E-state index contributed by atoms with van der Waals surface area (Å²) in [5, 5.41) is 1.17. The first-order valence-electron chi connectivity index (χ1n) is 11.9. The lowest BCUT2D eigenvalue weighted by molar-refractivity contribution is 0.207. The highest BCUT2D eigenvalue weighted by Gasteiger charge is 2.04. The van der Waals surface area contributed by atoms with Gasteiger partial charge in [-0.3, -0.25) is 4.99 Å². The van der Waals surface area contributed by atoms with Crippen LogP contribution in [0, 0.1) is 0 Å².